The molecule has 1 unspecified atom stereocenters. The van der Waals surface area contributed by atoms with Crippen molar-refractivity contribution in [3.8, 4) is 11.5 Å². The molecule has 0 aliphatic heterocycles. The van der Waals surface area contributed by atoms with E-state index in [4.69, 9.17) is 10.5 Å². The number of nitrogens with two attached hydrogens (primary N) is 1. The Bertz CT molecular complexity index is 805. The van der Waals surface area contributed by atoms with Crippen molar-refractivity contribution in [1.82, 2.24) is 4.98 Å². The molecule has 0 saturated heterocycles. The van der Waals surface area contributed by atoms with Crippen LogP contribution in [0.15, 0.2) is 67.0 Å². The summed E-state index contributed by atoms with van der Waals surface area (Å²) in [6, 6.07) is 13.6. The summed E-state index contributed by atoms with van der Waals surface area (Å²) in [7, 11) is 0. The van der Waals surface area contributed by atoms with Crippen molar-refractivity contribution in [2.45, 2.75) is 6.04 Å². The molecule has 0 fully saturated rings. The Labute approximate surface area is 156 Å². The summed E-state index contributed by atoms with van der Waals surface area (Å²) < 4.78 is 34.0. The predicted octanol–water partition coefficient (Wildman–Crippen LogP) is 5.04. The highest BCUT2D eigenvalue weighted by Crippen LogP contribution is 2.33. The molecule has 1 aromatic heterocycles. The number of benzene rings is 2. The van der Waals surface area contributed by atoms with Gasteiger partial charge in [0, 0.05) is 18.0 Å². The van der Waals surface area contributed by atoms with Gasteiger partial charge in [0.05, 0.1) is 6.04 Å². The molecule has 1 heterocycles. The average Bonchev–Trinajstić information content (AvgIpc) is 2.60. The number of hydrogen-bond donors (Lipinski definition) is 1. The van der Waals surface area contributed by atoms with E-state index in [1.54, 1.807) is 54.9 Å². The van der Waals surface area contributed by atoms with Crippen molar-refractivity contribution >= 4 is 24.8 Å². The molecule has 25 heavy (non-hydrogen) atoms. The fourth-order valence-electron chi connectivity index (χ4n) is 2.23. The molecule has 3 rings (SSSR count). The molecule has 2 N–H and O–H groups in total. The second kappa shape index (κ2) is 9.32. The largest absolute Gasteiger partial charge is 0.451 e. The molecular formula is C18H16Cl2F2N2O. The van der Waals surface area contributed by atoms with Gasteiger partial charge in [-0.2, -0.15) is 0 Å². The molecular weight excluding hydrogens is 369 g/mol. The first kappa shape index (κ1) is 20.8. The number of halogens is 4. The molecule has 0 amide bonds. The molecule has 0 aliphatic rings. The van der Waals surface area contributed by atoms with Gasteiger partial charge in [0.15, 0.2) is 17.4 Å². The van der Waals surface area contributed by atoms with Crippen LogP contribution in [0.4, 0.5) is 8.78 Å². The summed E-state index contributed by atoms with van der Waals surface area (Å²) in [6.45, 7) is 0. The van der Waals surface area contributed by atoms with Crippen molar-refractivity contribution < 1.29 is 13.5 Å². The molecule has 7 heteroatoms. The maximum absolute atomic E-state index is 14.7. The van der Waals surface area contributed by atoms with E-state index < -0.39 is 23.4 Å². The van der Waals surface area contributed by atoms with Gasteiger partial charge in [-0.15, -0.1) is 24.8 Å². The molecule has 0 saturated carbocycles. The van der Waals surface area contributed by atoms with E-state index in [0.717, 1.165) is 6.07 Å². The van der Waals surface area contributed by atoms with E-state index in [2.05, 4.69) is 4.98 Å². The second-order valence-electron chi connectivity index (χ2n) is 4.96. The van der Waals surface area contributed by atoms with Crippen LogP contribution < -0.4 is 10.5 Å². The molecule has 3 nitrogen and oxygen atoms in total. The molecule has 132 valence electrons. The smallest absolute Gasteiger partial charge is 0.198 e. The predicted molar refractivity (Wildman–Crippen MR) is 97.6 cm³/mol. The van der Waals surface area contributed by atoms with Gasteiger partial charge in [0.25, 0.3) is 0 Å². The quantitative estimate of drug-likeness (QED) is 0.684. The van der Waals surface area contributed by atoms with Gasteiger partial charge in [-0.1, -0.05) is 30.3 Å². The van der Waals surface area contributed by atoms with Gasteiger partial charge < -0.3 is 10.5 Å². The van der Waals surface area contributed by atoms with E-state index in [9.17, 15) is 8.78 Å². The Kier molecular flexibility index (Phi) is 7.77. The lowest BCUT2D eigenvalue weighted by Crippen LogP contribution is -2.14. The van der Waals surface area contributed by atoms with E-state index in [1.807, 2.05) is 0 Å². The van der Waals surface area contributed by atoms with Gasteiger partial charge in [0.1, 0.15) is 5.75 Å². The van der Waals surface area contributed by atoms with Gasteiger partial charge in [-0.05, 0) is 29.8 Å². The molecule has 1 atom stereocenters. The van der Waals surface area contributed by atoms with E-state index >= 15 is 0 Å². The van der Waals surface area contributed by atoms with Gasteiger partial charge in [-0.25, -0.2) is 8.78 Å². The summed E-state index contributed by atoms with van der Waals surface area (Å²) >= 11 is 0. The highest BCUT2D eigenvalue weighted by atomic mass is 35.5. The van der Waals surface area contributed by atoms with Crippen molar-refractivity contribution in [2.75, 3.05) is 0 Å². The minimum atomic E-state index is -0.815. The molecule has 2 aromatic carbocycles. The molecule has 3 aromatic rings. The number of rotatable bonds is 4. The Morgan fingerprint density at radius 3 is 2.28 bits per heavy atom. The van der Waals surface area contributed by atoms with Crippen molar-refractivity contribution in [1.29, 1.82) is 0 Å². The normalized spacial score (nSPS) is 11.0. The summed E-state index contributed by atoms with van der Waals surface area (Å²) in [6.07, 6.45) is 3.15. The number of nitrogens with zero attached hydrogens (tertiary/aromatic N) is 1. The topological polar surface area (TPSA) is 48.1 Å². The van der Waals surface area contributed by atoms with E-state index in [1.165, 1.54) is 6.07 Å². The summed E-state index contributed by atoms with van der Waals surface area (Å²) in [5.41, 5.74) is 6.84. The van der Waals surface area contributed by atoms with Gasteiger partial charge in [-0.3, -0.25) is 4.98 Å². The Morgan fingerprint density at radius 2 is 1.64 bits per heavy atom. The number of aromatic nitrogens is 1. The highest BCUT2D eigenvalue weighted by molar-refractivity contribution is 5.85. The zero-order valence-corrected chi connectivity index (χ0v) is 14.6. The first-order chi connectivity index (χ1) is 11.2. The Hall–Kier alpha value is -2.21. The van der Waals surface area contributed by atoms with Crippen LogP contribution in [-0.4, -0.2) is 4.98 Å². The third-order valence-corrected chi connectivity index (χ3v) is 3.42. The van der Waals surface area contributed by atoms with Crippen LogP contribution in [0, 0.1) is 11.6 Å². The number of hydrogen-bond acceptors (Lipinski definition) is 3. The van der Waals surface area contributed by atoms with Crippen LogP contribution in [0.2, 0.25) is 0 Å². The lowest BCUT2D eigenvalue weighted by atomic mass is 10.00. The summed E-state index contributed by atoms with van der Waals surface area (Å²) in [4.78, 5) is 3.96. The van der Waals surface area contributed by atoms with Gasteiger partial charge in [0.2, 0.25) is 0 Å². The molecule has 0 bridgehead atoms. The fraction of sp³-hybridized carbons (Fsp3) is 0.0556. The van der Waals surface area contributed by atoms with Crippen LogP contribution in [0.1, 0.15) is 17.2 Å². The average molecular weight is 385 g/mol. The van der Waals surface area contributed by atoms with E-state index in [0.29, 0.717) is 11.3 Å². The SMILES string of the molecule is Cl.Cl.NC(c1cccnc1)c1ccc(F)c(Oc2ccccc2)c1F. The van der Waals surface area contributed by atoms with Crippen LogP contribution in [0.25, 0.3) is 0 Å². The maximum Gasteiger partial charge on any atom is 0.198 e. The lowest BCUT2D eigenvalue weighted by Gasteiger charge is -2.16. The zero-order valence-electron chi connectivity index (χ0n) is 12.9. The van der Waals surface area contributed by atoms with Crippen LogP contribution in [-0.2, 0) is 0 Å². The molecule has 0 spiro atoms. The molecule has 0 radical (unpaired) electrons. The minimum Gasteiger partial charge on any atom is -0.451 e. The summed E-state index contributed by atoms with van der Waals surface area (Å²) in [5.74, 6) is -1.72. The fourth-order valence-corrected chi connectivity index (χ4v) is 2.23. The zero-order chi connectivity index (χ0) is 16.2. The Balaban J connectivity index is 0.00000156. The van der Waals surface area contributed by atoms with Crippen LogP contribution >= 0.6 is 24.8 Å². The first-order valence-corrected chi connectivity index (χ1v) is 7.03. The highest BCUT2D eigenvalue weighted by Gasteiger charge is 2.21. The third kappa shape index (κ3) is 4.66. The van der Waals surface area contributed by atoms with Crippen molar-refractivity contribution in [3.63, 3.8) is 0 Å². The lowest BCUT2D eigenvalue weighted by molar-refractivity contribution is 0.403. The summed E-state index contributed by atoms with van der Waals surface area (Å²) in [5, 5.41) is 0. The Morgan fingerprint density at radius 1 is 0.920 bits per heavy atom. The standard InChI is InChI=1S/C18H14F2N2O.2ClH/c19-15-9-8-14(17(21)12-5-4-10-22-11-12)16(20)18(15)23-13-6-2-1-3-7-13;;/h1-11,17H,21H2;2*1H. The maximum atomic E-state index is 14.7. The number of pyridine rings is 1. The van der Waals surface area contributed by atoms with Crippen LogP contribution in [0.5, 0.6) is 11.5 Å². The van der Waals surface area contributed by atoms with Gasteiger partial charge >= 0.3 is 0 Å². The first-order valence-electron chi connectivity index (χ1n) is 7.03. The number of para-hydroxylation sites is 1. The molecule has 0 aliphatic carbocycles. The van der Waals surface area contributed by atoms with Crippen molar-refractivity contribution in [3.05, 3.63) is 89.8 Å². The monoisotopic (exact) mass is 384 g/mol. The van der Waals surface area contributed by atoms with E-state index in [-0.39, 0.29) is 30.4 Å². The third-order valence-electron chi connectivity index (χ3n) is 3.42. The number of ether oxygens (including phenoxy) is 1. The second-order valence-corrected chi connectivity index (χ2v) is 4.96. The van der Waals surface area contributed by atoms with Crippen LogP contribution in [0.3, 0.4) is 0 Å². The van der Waals surface area contributed by atoms with Crippen molar-refractivity contribution in [2.24, 2.45) is 5.73 Å². The minimum absolute atomic E-state index is 0.